The lowest BCUT2D eigenvalue weighted by atomic mass is 9.81. The van der Waals surface area contributed by atoms with Crippen molar-refractivity contribution >= 4 is 17.6 Å². The molecule has 35 heavy (non-hydrogen) atoms. The molecule has 0 bridgehead atoms. The molecule has 2 N–H and O–H groups in total. The largest absolute Gasteiger partial charge is 0.466 e. The topological polar surface area (TPSA) is 106 Å². The smallest absolute Gasteiger partial charge is 0.355 e. The number of anilines is 1. The molecule has 7 heteroatoms. The highest BCUT2D eigenvalue weighted by atomic mass is 16.5. The third-order valence-corrected chi connectivity index (χ3v) is 5.82. The molecular weight excluding hydrogens is 442 g/mol. The zero-order valence-corrected chi connectivity index (χ0v) is 19.3. The average Bonchev–Trinajstić information content (AvgIpc) is 2.92. The molecule has 174 valence electrons. The third-order valence-electron chi connectivity index (χ3n) is 5.82. The third kappa shape index (κ3) is 4.25. The van der Waals surface area contributed by atoms with Crippen LogP contribution in [-0.2, 0) is 19.1 Å². The van der Waals surface area contributed by atoms with E-state index in [-0.39, 0.29) is 22.7 Å². The number of methoxy groups -OCH3 is 2. The summed E-state index contributed by atoms with van der Waals surface area (Å²) in [6.07, 6.45) is 0. The monoisotopic (exact) mass is 465 g/mol. The first-order valence-electron chi connectivity index (χ1n) is 10.8. The van der Waals surface area contributed by atoms with Crippen LogP contribution in [0.25, 0.3) is 11.1 Å². The minimum absolute atomic E-state index is 0.0265. The van der Waals surface area contributed by atoms with E-state index in [1.54, 1.807) is 30.3 Å². The van der Waals surface area contributed by atoms with Gasteiger partial charge in [-0.1, -0.05) is 72.8 Å². The molecule has 0 saturated heterocycles. The number of hydrogen-bond acceptors (Lipinski definition) is 7. The zero-order chi connectivity index (χ0) is 24.9. The van der Waals surface area contributed by atoms with Gasteiger partial charge in [0.25, 0.3) is 0 Å². The highest BCUT2D eigenvalue weighted by Crippen LogP contribution is 2.43. The number of benzene rings is 3. The van der Waals surface area contributed by atoms with Gasteiger partial charge in [0, 0.05) is 5.69 Å². The molecule has 1 heterocycles. The van der Waals surface area contributed by atoms with Crippen LogP contribution in [0.3, 0.4) is 0 Å². The Kier molecular flexibility index (Phi) is 6.65. The first-order chi connectivity index (χ1) is 17.0. The molecule has 1 unspecified atom stereocenters. The zero-order valence-electron chi connectivity index (χ0n) is 19.3. The van der Waals surface area contributed by atoms with Gasteiger partial charge in [-0.2, -0.15) is 5.26 Å². The van der Waals surface area contributed by atoms with E-state index in [0.717, 1.165) is 11.1 Å². The Morgan fingerprint density at radius 2 is 1.46 bits per heavy atom. The first-order valence-corrected chi connectivity index (χ1v) is 10.8. The Bertz CT molecular complexity index is 1370. The van der Waals surface area contributed by atoms with Crippen LogP contribution in [0, 0.1) is 11.3 Å². The number of carbonyl (C=O) groups is 2. The Balaban J connectivity index is 2.02. The number of allylic oxidation sites excluding steroid dienone is 1. The van der Waals surface area contributed by atoms with E-state index in [4.69, 9.17) is 15.2 Å². The summed E-state index contributed by atoms with van der Waals surface area (Å²) >= 11 is 0. The number of nitriles is 1. The lowest BCUT2D eigenvalue weighted by Gasteiger charge is -2.36. The molecule has 0 spiro atoms. The van der Waals surface area contributed by atoms with Crippen LogP contribution in [-0.4, -0.2) is 26.2 Å². The highest BCUT2D eigenvalue weighted by molar-refractivity contribution is 6.06. The molecule has 0 aromatic heterocycles. The van der Waals surface area contributed by atoms with Crippen molar-refractivity contribution in [2.24, 2.45) is 5.73 Å². The molecule has 1 atom stereocenters. The van der Waals surface area contributed by atoms with E-state index in [0.29, 0.717) is 11.3 Å². The van der Waals surface area contributed by atoms with Crippen molar-refractivity contribution in [3.63, 3.8) is 0 Å². The Hall–Kier alpha value is -4.83. The van der Waals surface area contributed by atoms with Crippen molar-refractivity contribution in [2.45, 2.75) is 5.92 Å². The highest BCUT2D eigenvalue weighted by Gasteiger charge is 2.43. The summed E-state index contributed by atoms with van der Waals surface area (Å²) in [6, 6.07) is 28.0. The van der Waals surface area contributed by atoms with Gasteiger partial charge >= 0.3 is 11.9 Å². The fraction of sp³-hybridized carbons (Fsp3) is 0.107. The van der Waals surface area contributed by atoms with Crippen LogP contribution in [0.1, 0.15) is 11.5 Å². The number of nitrogens with two attached hydrogens (primary N) is 1. The SMILES string of the molecule is COC(=O)C1=C(C(=O)OC)N(c2cccc(-c3ccccc3)c2)C(N)=C(C#N)C1c1ccccc1. The van der Waals surface area contributed by atoms with Crippen LogP contribution >= 0.6 is 0 Å². The molecular formula is C28H23N3O4. The van der Waals surface area contributed by atoms with Crippen molar-refractivity contribution in [1.82, 2.24) is 0 Å². The second-order valence-electron chi connectivity index (χ2n) is 7.75. The number of ether oxygens (including phenoxy) is 2. The summed E-state index contributed by atoms with van der Waals surface area (Å²) in [4.78, 5) is 27.7. The van der Waals surface area contributed by atoms with Gasteiger partial charge in [-0.3, -0.25) is 4.90 Å². The molecule has 0 amide bonds. The summed E-state index contributed by atoms with van der Waals surface area (Å²) in [5, 5.41) is 10.1. The number of nitrogens with zero attached hydrogens (tertiary/aromatic N) is 2. The summed E-state index contributed by atoms with van der Waals surface area (Å²) in [5.74, 6) is -2.42. The molecule has 3 aromatic carbocycles. The van der Waals surface area contributed by atoms with Crippen LogP contribution < -0.4 is 10.6 Å². The molecule has 1 aliphatic rings. The lowest BCUT2D eigenvalue weighted by molar-refractivity contribution is -0.139. The van der Waals surface area contributed by atoms with Gasteiger partial charge in [0.2, 0.25) is 0 Å². The van der Waals surface area contributed by atoms with Crippen LogP contribution in [0.4, 0.5) is 5.69 Å². The number of carbonyl (C=O) groups excluding carboxylic acids is 2. The van der Waals surface area contributed by atoms with E-state index in [1.165, 1.54) is 19.1 Å². The molecule has 0 aliphatic carbocycles. The average molecular weight is 466 g/mol. The molecule has 7 nitrogen and oxygen atoms in total. The van der Waals surface area contributed by atoms with Crippen molar-refractivity contribution < 1.29 is 19.1 Å². The molecule has 3 aromatic rings. The number of rotatable bonds is 5. The minimum atomic E-state index is -0.906. The maximum Gasteiger partial charge on any atom is 0.355 e. The van der Waals surface area contributed by atoms with E-state index in [9.17, 15) is 14.9 Å². The van der Waals surface area contributed by atoms with Gasteiger partial charge in [-0.25, -0.2) is 9.59 Å². The van der Waals surface area contributed by atoms with Crippen LogP contribution in [0.2, 0.25) is 0 Å². The maximum atomic E-state index is 13.2. The van der Waals surface area contributed by atoms with E-state index < -0.39 is 17.9 Å². The second kappa shape index (κ2) is 9.98. The fourth-order valence-corrected chi connectivity index (χ4v) is 4.24. The summed E-state index contributed by atoms with van der Waals surface area (Å²) in [5.41, 5.74) is 9.47. The van der Waals surface area contributed by atoms with E-state index >= 15 is 0 Å². The Morgan fingerprint density at radius 3 is 2.06 bits per heavy atom. The molecule has 0 fully saturated rings. The molecule has 0 saturated carbocycles. The number of esters is 2. The predicted octanol–water partition coefficient (Wildman–Crippen LogP) is 4.25. The maximum absolute atomic E-state index is 13.2. The fourth-order valence-electron chi connectivity index (χ4n) is 4.24. The first kappa shape index (κ1) is 23.3. The second-order valence-corrected chi connectivity index (χ2v) is 7.75. The Morgan fingerprint density at radius 1 is 0.857 bits per heavy atom. The van der Waals surface area contributed by atoms with Gasteiger partial charge in [-0.15, -0.1) is 0 Å². The van der Waals surface area contributed by atoms with Gasteiger partial charge < -0.3 is 15.2 Å². The van der Waals surface area contributed by atoms with E-state index in [2.05, 4.69) is 6.07 Å². The molecule has 1 aliphatic heterocycles. The summed E-state index contributed by atoms with van der Waals surface area (Å²) in [6.45, 7) is 0. The lowest BCUT2D eigenvalue weighted by Crippen LogP contribution is -2.40. The van der Waals surface area contributed by atoms with Crippen LogP contribution in [0.5, 0.6) is 0 Å². The quantitative estimate of drug-likeness (QED) is 0.562. The van der Waals surface area contributed by atoms with Gasteiger partial charge in [-0.05, 0) is 28.8 Å². The predicted molar refractivity (Wildman–Crippen MR) is 131 cm³/mol. The number of hydrogen-bond donors (Lipinski definition) is 1. The van der Waals surface area contributed by atoms with E-state index in [1.807, 2.05) is 54.6 Å². The van der Waals surface area contributed by atoms with Crippen molar-refractivity contribution in [3.8, 4) is 17.2 Å². The molecule has 0 radical (unpaired) electrons. The minimum Gasteiger partial charge on any atom is -0.466 e. The van der Waals surface area contributed by atoms with Gasteiger partial charge in [0.05, 0.1) is 37.4 Å². The van der Waals surface area contributed by atoms with Crippen molar-refractivity contribution in [3.05, 3.63) is 113 Å². The van der Waals surface area contributed by atoms with Gasteiger partial charge in [0.15, 0.2) is 0 Å². The normalized spacial score (nSPS) is 15.5. The standard InChI is InChI=1S/C28H23N3O4/c1-34-27(32)24-23(19-12-7-4-8-13-19)22(17-29)26(30)31(25(24)28(33)35-2)21-15-9-14-20(16-21)18-10-5-3-6-11-18/h3-16,23H,30H2,1-2H3. The Labute approximate surface area is 203 Å². The summed E-state index contributed by atoms with van der Waals surface area (Å²) < 4.78 is 10.1. The van der Waals surface area contributed by atoms with Crippen LogP contribution in [0.15, 0.2) is 108 Å². The molecule has 4 rings (SSSR count). The van der Waals surface area contributed by atoms with Gasteiger partial charge in [0.1, 0.15) is 11.5 Å². The van der Waals surface area contributed by atoms with Crippen molar-refractivity contribution in [2.75, 3.05) is 19.1 Å². The van der Waals surface area contributed by atoms with Crippen molar-refractivity contribution in [1.29, 1.82) is 5.26 Å². The summed E-state index contributed by atoms with van der Waals surface area (Å²) in [7, 11) is 2.44.